The van der Waals surface area contributed by atoms with Crippen LogP contribution in [0.5, 0.6) is 0 Å². The second kappa shape index (κ2) is 8.13. The number of aryl methyl sites for hydroxylation is 1. The standard InChI is InChI=1S/C19H20N4O3S/c1-13-4-7-15(8-5-13)20-19(27)21-18(24)14-6-9-16(17(12-14)23(25)26)22-10-2-3-11-22/h4-9,12H,2-3,10-11H2,1H3,(H2,20,21,24,27). The third-order valence-corrected chi connectivity index (χ3v) is 4.62. The first kappa shape index (κ1) is 18.8. The van der Waals surface area contributed by atoms with E-state index in [9.17, 15) is 14.9 Å². The number of carbonyl (C=O) groups is 1. The highest BCUT2D eigenvalue weighted by atomic mass is 32.1. The van der Waals surface area contributed by atoms with Crippen LogP contribution in [0.3, 0.4) is 0 Å². The van der Waals surface area contributed by atoms with Gasteiger partial charge in [0.1, 0.15) is 5.69 Å². The predicted molar refractivity (Wildman–Crippen MR) is 109 cm³/mol. The largest absolute Gasteiger partial charge is 0.366 e. The van der Waals surface area contributed by atoms with Crippen molar-refractivity contribution in [2.75, 3.05) is 23.3 Å². The SMILES string of the molecule is Cc1ccc(NC(=S)NC(=O)c2ccc(N3CCCC3)c([N+](=O)[O-])c2)cc1. The smallest absolute Gasteiger partial charge is 0.293 e. The van der Waals surface area contributed by atoms with Crippen LogP contribution in [0.15, 0.2) is 42.5 Å². The Morgan fingerprint density at radius 3 is 2.44 bits per heavy atom. The summed E-state index contributed by atoms with van der Waals surface area (Å²) < 4.78 is 0. The maximum absolute atomic E-state index is 12.4. The van der Waals surface area contributed by atoms with Crippen LogP contribution in [0.25, 0.3) is 0 Å². The summed E-state index contributed by atoms with van der Waals surface area (Å²) in [5, 5.41) is 17.1. The molecule has 1 amide bonds. The molecule has 0 saturated carbocycles. The molecular formula is C19H20N4O3S. The highest BCUT2D eigenvalue weighted by molar-refractivity contribution is 7.80. The maximum Gasteiger partial charge on any atom is 0.293 e. The number of benzene rings is 2. The topological polar surface area (TPSA) is 87.5 Å². The summed E-state index contributed by atoms with van der Waals surface area (Å²) in [6.45, 7) is 3.55. The predicted octanol–water partition coefficient (Wildman–Crippen LogP) is 3.63. The lowest BCUT2D eigenvalue weighted by Gasteiger charge is -2.18. The van der Waals surface area contributed by atoms with Crippen molar-refractivity contribution in [3.8, 4) is 0 Å². The fourth-order valence-corrected chi connectivity index (χ4v) is 3.22. The minimum absolute atomic E-state index is 0.0676. The molecule has 7 nitrogen and oxygen atoms in total. The van der Waals surface area contributed by atoms with Crippen LogP contribution >= 0.6 is 12.2 Å². The van der Waals surface area contributed by atoms with Crippen molar-refractivity contribution in [2.45, 2.75) is 19.8 Å². The van der Waals surface area contributed by atoms with E-state index in [4.69, 9.17) is 12.2 Å². The molecule has 0 spiro atoms. The zero-order valence-electron chi connectivity index (χ0n) is 14.9. The first-order chi connectivity index (χ1) is 12.9. The lowest BCUT2D eigenvalue weighted by atomic mass is 10.1. The van der Waals surface area contributed by atoms with Crippen LogP contribution in [-0.4, -0.2) is 29.0 Å². The van der Waals surface area contributed by atoms with Gasteiger partial charge in [0, 0.05) is 30.4 Å². The summed E-state index contributed by atoms with van der Waals surface area (Å²) in [6.07, 6.45) is 2.02. The van der Waals surface area contributed by atoms with Crippen LogP contribution in [0.4, 0.5) is 17.1 Å². The van der Waals surface area contributed by atoms with Gasteiger partial charge in [0.2, 0.25) is 0 Å². The monoisotopic (exact) mass is 384 g/mol. The number of nitro groups is 1. The minimum atomic E-state index is -0.490. The molecule has 2 aromatic rings. The minimum Gasteiger partial charge on any atom is -0.366 e. The van der Waals surface area contributed by atoms with Gasteiger partial charge < -0.3 is 10.2 Å². The highest BCUT2D eigenvalue weighted by Gasteiger charge is 2.24. The number of amides is 1. The second-order valence-corrected chi connectivity index (χ2v) is 6.84. The Morgan fingerprint density at radius 1 is 1.15 bits per heavy atom. The van der Waals surface area contributed by atoms with E-state index in [1.54, 1.807) is 12.1 Å². The molecular weight excluding hydrogens is 364 g/mol. The molecule has 1 aliphatic rings. The van der Waals surface area contributed by atoms with Gasteiger partial charge in [-0.15, -0.1) is 0 Å². The van der Waals surface area contributed by atoms with Gasteiger partial charge >= 0.3 is 0 Å². The van der Waals surface area contributed by atoms with Crippen molar-refractivity contribution >= 4 is 40.3 Å². The Kier molecular flexibility index (Phi) is 5.66. The van der Waals surface area contributed by atoms with Gasteiger partial charge in [-0.3, -0.25) is 20.2 Å². The molecule has 0 aromatic heterocycles. The number of nitrogens with one attached hydrogen (secondary N) is 2. The van der Waals surface area contributed by atoms with Crippen molar-refractivity contribution in [3.05, 3.63) is 63.7 Å². The molecule has 1 saturated heterocycles. The first-order valence-electron chi connectivity index (χ1n) is 8.66. The van der Waals surface area contributed by atoms with E-state index < -0.39 is 10.8 Å². The summed E-state index contributed by atoms with van der Waals surface area (Å²) in [4.78, 5) is 25.4. The quantitative estimate of drug-likeness (QED) is 0.475. The van der Waals surface area contributed by atoms with E-state index in [0.717, 1.165) is 37.2 Å². The molecule has 0 bridgehead atoms. The molecule has 0 aliphatic carbocycles. The number of anilines is 2. The third-order valence-electron chi connectivity index (χ3n) is 4.42. The molecule has 1 heterocycles. The number of nitrogens with zero attached hydrogens (tertiary/aromatic N) is 2. The van der Waals surface area contributed by atoms with Gasteiger partial charge in [-0.1, -0.05) is 17.7 Å². The van der Waals surface area contributed by atoms with Crippen molar-refractivity contribution in [1.82, 2.24) is 5.32 Å². The fourth-order valence-electron chi connectivity index (χ4n) is 3.01. The normalized spacial score (nSPS) is 13.3. The fraction of sp³-hybridized carbons (Fsp3) is 0.263. The molecule has 1 aliphatic heterocycles. The second-order valence-electron chi connectivity index (χ2n) is 6.43. The van der Waals surface area contributed by atoms with Crippen molar-refractivity contribution in [2.24, 2.45) is 0 Å². The number of hydrogen-bond acceptors (Lipinski definition) is 5. The lowest BCUT2D eigenvalue weighted by Crippen LogP contribution is -2.34. The van der Waals surface area contributed by atoms with Crippen molar-refractivity contribution in [3.63, 3.8) is 0 Å². The molecule has 1 fully saturated rings. The Hall–Kier alpha value is -3.00. The third kappa shape index (κ3) is 4.59. The van der Waals surface area contributed by atoms with E-state index >= 15 is 0 Å². The summed E-state index contributed by atoms with van der Waals surface area (Å²) in [5.74, 6) is -0.490. The maximum atomic E-state index is 12.4. The average Bonchev–Trinajstić information content (AvgIpc) is 3.17. The summed E-state index contributed by atoms with van der Waals surface area (Å²) in [6, 6.07) is 12.1. The van der Waals surface area contributed by atoms with Crippen LogP contribution in [0.2, 0.25) is 0 Å². The molecule has 0 unspecified atom stereocenters. The highest BCUT2D eigenvalue weighted by Crippen LogP contribution is 2.31. The zero-order chi connectivity index (χ0) is 19.4. The van der Waals surface area contributed by atoms with Crippen LogP contribution < -0.4 is 15.5 Å². The van der Waals surface area contributed by atoms with Crippen LogP contribution in [0, 0.1) is 17.0 Å². The molecule has 8 heteroatoms. The molecule has 27 heavy (non-hydrogen) atoms. The Balaban J connectivity index is 1.72. The average molecular weight is 384 g/mol. The van der Waals surface area contributed by atoms with E-state index in [1.807, 2.05) is 36.1 Å². The van der Waals surface area contributed by atoms with E-state index in [-0.39, 0.29) is 16.4 Å². The number of thiocarbonyl (C=S) groups is 1. The molecule has 2 N–H and O–H groups in total. The van der Waals surface area contributed by atoms with Gasteiger partial charge in [0.05, 0.1) is 4.92 Å². The summed E-state index contributed by atoms with van der Waals surface area (Å²) >= 11 is 5.16. The van der Waals surface area contributed by atoms with Gasteiger partial charge in [-0.2, -0.15) is 0 Å². The van der Waals surface area contributed by atoms with Gasteiger partial charge in [0.25, 0.3) is 11.6 Å². The number of hydrogen-bond donors (Lipinski definition) is 2. The van der Waals surface area contributed by atoms with Crippen LogP contribution in [-0.2, 0) is 0 Å². The van der Waals surface area contributed by atoms with Gasteiger partial charge in [-0.05, 0) is 56.2 Å². The molecule has 140 valence electrons. The summed E-state index contributed by atoms with van der Waals surface area (Å²) in [5.41, 5.74) is 2.54. The van der Waals surface area contributed by atoms with E-state index in [2.05, 4.69) is 10.6 Å². The molecule has 0 atom stereocenters. The number of nitro benzene ring substituents is 1. The lowest BCUT2D eigenvalue weighted by molar-refractivity contribution is -0.384. The zero-order valence-corrected chi connectivity index (χ0v) is 15.7. The Morgan fingerprint density at radius 2 is 1.81 bits per heavy atom. The molecule has 0 radical (unpaired) electrons. The summed E-state index contributed by atoms with van der Waals surface area (Å²) in [7, 11) is 0. The Bertz CT molecular complexity index is 877. The van der Waals surface area contributed by atoms with E-state index in [1.165, 1.54) is 6.07 Å². The van der Waals surface area contributed by atoms with Crippen LogP contribution in [0.1, 0.15) is 28.8 Å². The molecule has 3 rings (SSSR count). The van der Waals surface area contributed by atoms with Gasteiger partial charge in [0.15, 0.2) is 5.11 Å². The van der Waals surface area contributed by atoms with Crippen molar-refractivity contribution in [1.29, 1.82) is 0 Å². The van der Waals surface area contributed by atoms with E-state index in [0.29, 0.717) is 5.69 Å². The van der Waals surface area contributed by atoms with Crippen molar-refractivity contribution < 1.29 is 9.72 Å². The first-order valence-corrected chi connectivity index (χ1v) is 9.07. The molecule has 2 aromatic carbocycles. The Labute approximate surface area is 162 Å². The van der Waals surface area contributed by atoms with Gasteiger partial charge in [-0.25, -0.2) is 0 Å². The number of carbonyl (C=O) groups excluding carboxylic acids is 1. The number of rotatable bonds is 4.